The molecule has 0 saturated carbocycles. The molecule has 7 heteroatoms. The van der Waals surface area contributed by atoms with E-state index in [1.165, 1.54) is 0 Å². The lowest BCUT2D eigenvalue weighted by Crippen LogP contribution is -2.39. The van der Waals surface area contributed by atoms with Gasteiger partial charge in [0.2, 0.25) is 0 Å². The Balaban J connectivity index is 1.89. The molecule has 0 heterocycles. The number of aliphatic imine (C=N–C) groups is 1. The molecule has 0 bridgehead atoms. The highest BCUT2D eigenvalue weighted by atomic mass is 16.5. The van der Waals surface area contributed by atoms with E-state index < -0.39 is 0 Å². The van der Waals surface area contributed by atoms with E-state index in [0.29, 0.717) is 30.9 Å². The number of hydrogen-bond acceptors (Lipinski definition) is 4. The fourth-order valence-corrected chi connectivity index (χ4v) is 2.75. The highest BCUT2D eigenvalue weighted by Gasteiger charge is 2.08. The fourth-order valence-electron chi connectivity index (χ4n) is 2.75. The van der Waals surface area contributed by atoms with Gasteiger partial charge in [-0.3, -0.25) is 9.79 Å². The molecule has 0 aliphatic heterocycles. The molecule has 29 heavy (non-hydrogen) atoms. The van der Waals surface area contributed by atoms with Gasteiger partial charge in [0.15, 0.2) is 5.96 Å². The third kappa shape index (κ3) is 7.03. The second kappa shape index (κ2) is 11.6. The fraction of sp³-hybridized carbons (Fsp3) is 0.364. The quantitative estimate of drug-likeness (QED) is 0.386. The molecule has 0 unspecified atom stereocenters. The van der Waals surface area contributed by atoms with Crippen molar-refractivity contribution in [1.29, 1.82) is 0 Å². The maximum atomic E-state index is 12.3. The average molecular weight is 399 g/mol. The first kappa shape index (κ1) is 22.1. The summed E-state index contributed by atoms with van der Waals surface area (Å²) in [6.07, 6.45) is 0. The number of methoxy groups -OCH3 is 2. The summed E-state index contributed by atoms with van der Waals surface area (Å²) in [6.45, 7) is 4.43. The van der Waals surface area contributed by atoms with Crippen LogP contribution in [0.15, 0.2) is 53.5 Å². The molecule has 0 radical (unpaired) electrons. The first-order chi connectivity index (χ1) is 14.1. The van der Waals surface area contributed by atoms with Gasteiger partial charge in [-0.1, -0.05) is 18.2 Å². The topological polar surface area (TPSA) is 75.2 Å². The SMILES string of the molecule is CCNC(=NCCNC(=O)c1cccc(OC)c1)N(C)Cc1ccc(OC)cc1. The van der Waals surface area contributed by atoms with E-state index >= 15 is 0 Å². The van der Waals surface area contributed by atoms with Crippen molar-refractivity contribution in [1.82, 2.24) is 15.5 Å². The van der Waals surface area contributed by atoms with Gasteiger partial charge in [-0.2, -0.15) is 0 Å². The van der Waals surface area contributed by atoms with Gasteiger partial charge in [0, 0.05) is 32.2 Å². The van der Waals surface area contributed by atoms with Gasteiger partial charge in [-0.25, -0.2) is 0 Å². The number of benzene rings is 2. The molecule has 2 rings (SSSR count). The highest BCUT2D eigenvalue weighted by molar-refractivity contribution is 5.94. The lowest BCUT2D eigenvalue weighted by molar-refractivity contribution is 0.0954. The summed E-state index contributed by atoms with van der Waals surface area (Å²) < 4.78 is 10.4. The Morgan fingerprint density at radius 1 is 1.03 bits per heavy atom. The highest BCUT2D eigenvalue weighted by Crippen LogP contribution is 2.13. The number of guanidine groups is 1. The van der Waals surface area contributed by atoms with Gasteiger partial charge >= 0.3 is 0 Å². The van der Waals surface area contributed by atoms with Crippen LogP contribution in [0.3, 0.4) is 0 Å². The van der Waals surface area contributed by atoms with Gasteiger partial charge in [-0.15, -0.1) is 0 Å². The summed E-state index contributed by atoms with van der Waals surface area (Å²) in [4.78, 5) is 18.9. The molecular formula is C22H30N4O3. The largest absolute Gasteiger partial charge is 0.497 e. The second-order valence-corrected chi connectivity index (χ2v) is 6.43. The second-order valence-electron chi connectivity index (χ2n) is 6.43. The zero-order valence-corrected chi connectivity index (χ0v) is 17.6. The number of carbonyl (C=O) groups is 1. The Hall–Kier alpha value is -3.22. The van der Waals surface area contributed by atoms with Crippen LogP contribution in [-0.4, -0.2) is 57.7 Å². The average Bonchev–Trinajstić information content (AvgIpc) is 2.76. The third-order valence-electron chi connectivity index (χ3n) is 4.27. The van der Waals surface area contributed by atoms with E-state index in [1.807, 2.05) is 44.3 Å². The minimum Gasteiger partial charge on any atom is -0.497 e. The lowest BCUT2D eigenvalue weighted by atomic mass is 10.2. The molecule has 156 valence electrons. The Kier molecular flexibility index (Phi) is 8.82. The standard InChI is InChI=1S/C22H30N4O3/c1-5-23-22(26(2)16-17-9-11-19(28-3)12-10-17)25-14-13-24-21(27)18-7-6-8-20(15-18)29-4/h6-12,15H,5,13-14,16H2,1-4H3,(H,23,25)(H,24,27). The Morgan fingerprint density at radius 2 is 1.76 bits per heavy atom. The van der Waals surface area contributed by atoms with E-state index in [1.54, 1.807) is 32.4 Å². The van der Waals surface area contributed by atoms with Crippen LogP contribution in [-0.2, 0) is 6.54 Å². The van der Waals surface area contributed by atoms with Gasteiger partial charge < -0.3 is 25.0 Å². The maximum Gasteiger partial charge on any atom is 0.251 e. The first-order valence-corrected chi connectivity index (χ1v) is 9.62. The predicted octanol–water partition coefficient (Wildman–Crippen LogP) is 2.53. The number of carbonyl (C=O) groups excluding carboxylic acids is 1. The van der Waals surface area contributed by atoms with E-state index in [0.717, 1.165) is 23.8 Å². The normalized spacial score (nSPS) is 11.0. The van der Waals surface area contributed by atoms with Crippen LogP contribution in [0.1, 0.15) is 22.8 Å². The Labute approximate surface area is 172 Å². The Morgan fingerprint density at radius 3 is 2.41 bits per heavy atom. The van der Waals surface area contributed by atoms with Crippen molar-refractivity contribution in [3.05, 3.63) is 59.7 Å². The molecule has 0 aliphatic carbocycles. The Bertz CT molecular complexity index is 806. The van der Waals surface area contributed by atoms with Crippen molar-refractivity contribution in [3.8, 4) is 11.5 Å². The molecule has 0 spiro atoms. The summed E-state index contributed by atoms with van der Waals surface area (Å²) in [5, 5.41) is 6.17. The lowest BCUT2D eigenvalue weighted by Gasteiger charge is -2.22. The summed E-state index contributed by atoms with van der Waals surface area (Å²) in [5.41, 5.74) is 1.72. The van der Waals surface area contributed by atoms with E-state index in [9.17, 15) is 4.79 Å². The summed E-state index contributed by atoms with van der Waals surface area (Å²) in [7, 11) is 5.22. The van der Waals surface area contributed by atoms with Crippen LogP contribution in [0.2, 0.25) is 0 Å². The van der Waals surface area contributed by atoms with Gasteiger partial charge in [0.05, 0.1) is 20.8 Å². The van der Waals surface area contributed by atoms with Crippen molar-refractivity contribution in [3.63, 3.8) is 0 Å². The molecule has 2 N–H and O–H groups in total. The number of nitrogens with zero attached hydrogens (tertiary/aromatic N) is 2. The van der Waals surface area contributed by atoms with E-state index in [-0.39, 0.29) is 5.91 Å². The van der Waals surface area contributed by atoms with Crippen LogP contribution in [0.4, 0.5) is 0 Å². The molecule has 0 aliphatic rings. The number of ether oxygens (including phenoxy) is 2. The van der Waals surface area contributed by atoms with Crippen LogP contribution in [0.25, 0.3) is 0 Å². The number of amides is 1. The minimum absolute atomic E-state index is 0.143. The first-order valence-electron chi connectivity index (χ1n) is 9.62. The minimum atomic E-state index is -0.143. The van der Waals surface area contributed by atoms with Crippen LogP contribution in [0.5, 0.6) is 11.5 Å². The molecule has 0 atom stereocenters. The molecule has 7 nitrogen and oxygen atoms in total. The van der Waals surface area contributed by atoms with Gasteiger partial charge in [-0.05, 0) is 42.8 Å². The van der Waals surface area contributed by atoms with Crippen LogP contribution >= 0.6 is 0 Å². The zero-order chi connectivity index (χ0) is 21.1. The number of rotatable bonds is 9. The third-order valence-corrected chi connectivity index (χ3v) is 4.27. The summed E-state index contributed by atoms with van der Waals surface area (Å²) >= 11 is 0. The molecule has 0 aromatic heterocycles. The maximum absolute atomic E-state index is 12.3. The summed E-state index contributed by atoms with van der Waals surface area (Å²) in [5.74, 6) is 2.14. The van der Waals surface area contributed by atoms with Crippen LogP contribution in [0, 0.1) is 0 Å². The molecule has 2 aromatic carbocycles. The van der Waals surface area contributed by atoms with Crippen molar-refractivity contribution in [2.75, 3.05) is 40.9 Å². The van der Waals surface area contributed by atoms with Crippen molar-refractivity contribution >= 4 is 11.9 Å². The van der Waals surface area contributed by atoms with Crippen molar-refractivity contribution < 1.29 is 14.3 Å². The van der Waals surface area contributed by atoms with Crippen molar-refractivity contribution in [2.45, 2.75) is 13.5 Å². The van der Waals surface area contributed by atoms with E-state index in [4.69, 9.17) is 9.47 Å². The monoisotopic (exact) mass is 398 g/mol. The molecule has 0 saturated heterocycles. The predicted molar refractivity (Wildman–Crippen MR) is 116 cm³/mol. The molecule has 2 aromatic rings. The van der Waals surface area contributed by atoms with Crippen molar-refractivity contribution in [2.24, 2.45) is 4.99 Å². The van der Waals surface area contributed by atoms with Gasteiger partial charge in [0.25, 0.3) is 5.91 Å². The zero-order valence-electron chi connectivity index (χ0n) is 17.6. The summed E-state index contributed by atoms with van der Waals surface area (Å²) in [6, 6.07) is 15.0. The number of hydrogen-bond donors (Lipinski definition) is 2. The smallest absolute Gasteiger partial charge is 0.251 e. The van der Waals surface area contributed by atoms with E-state index in [2.05, 4.69) is 20.5 Å². The molecular weight excluding hydrogens is 368 g/mol. The molecule has 0 fully saturated rings. The van der Waals surface area contributed by atoms with Gasteiger partial charge in [0.1, 0.15) is 11.5 Å². The van der Waals surface area contributed by atoms with Crippen LogP contribution < -0.4 is 20.1 Å². The number of nitrogens with one attached hydrogen (secondary N) is 2. The molecule has 1 amide bonds.